The molecule has 0 saturated carbocycles. The van der Waals surface area contributed by atoms with Crippen molar-refractivity contribution in [2.24, 2.45) is 4.99 Å². The smallest absolute Gasteiger partial charge is 0.338 e. The molecule has 1 N–H and O–H groups in total. The molecule has 3 aromatic rings. The number of methoxy groups -OCH3 is 1. The molecule has 0 aliphatic carbocycles. The van der Waals surface area contributed by atoms with Gasteiger partial charge < -0.3 is 14.6 Å². The van der Waals surface area contributed by atoms with Crippen LogP contribution in [0.3, 0.4) is 0 Å². The lowest BCUT2D eigenvalue weighted by Gasteiger charge is -2.27. The molecule has 0 unspecified atom stereocenters. The third-order valence-electron chi connectivity index (χ3n) is 7.12. The van der Waals surface area contributed by atoms with Crippen LogP contribution in [0.2, 0.25) is 0 Å². The Labute approximate surface area is 259 Å². The number of nitrogens with zero attached hydrogens (tertiary/aromatic N) is 2. The lowest BCUT2D eigenvalue weighted by atomic mass is 9.78. The fourth-order valence-corrected chi connectivity index (χ4v) is 6.53. The van der Waals surface area contributed by atoms with Crippen molar-refractivity contribution in [3.05, 3.63) is 88.0 Å². The second-order valence-corrected chi connectivity index (χ2v) is 14.8. The highest BCUT2D eigenvalue weighted by molar-refractivity contribution is 9.10. The van der Waals surface area contributed by atoms with Crippen LogP contribution in [0, 0.1) is 0 Å². The number of halogens is 1. The number of hydrogen-bond acceptors (Lipinski definition) is 7. The first-order valence-corrected chi connectivity index (χ1v) is 15.5. The zero-order chi connectivity index (χ0) is 31.3. The Kier molecular flexibility index (Phi) is 8.69. The molecule has 0 spiro atoms. The van der Waals surface area contributed by atoms with Crippen molar-refractivity contribution in [2.75, 3.05) is 7.11 Å². The standard InChI is InChI=1S/C33H39BrN2O5S/c1-17(2)41-30(39)26-18(3)35-31-36(27(26)21-16-20(34)11-12-24(21)40-10)29(38)25(42-31)15-19-13-22(32(4,5)6)28(37)23(14-19)33(7,8)9/h11-17,27,37H,1-10H3/b25-15-/t27-/m0/s1. The van der Waals surface area contributed by atoms with E-state index in [4.69, 9.17) is 14.5 Å². The number of allylic oxidation sites excluding steroid dienone is 1. The van der Waals surface area contributed by atoms with Crippen LogP contribution in [0.1, 0.15) is 90.6 Å². The summed E-state index contributed by atoms with van der Waals surface area (Å²) < 4.78 is 14.1. The number of carbonyl (C=O) groups is 1. The van der Waals surface area contributed by atoms with Gasteiger partial charge in [0.05, 0.1) is 29.0 Å². The number of fused-ring (bicyclic) bond motifs is 1. The molecule has 7 nitrogen and oxygen atoms in total. The maximum Gasteiger partial charge on any atom is 0.338 e. The maximum atomic E-state index is 14.2. The van der Waals surface area contributed by atoms with Crippen LogP contribution in [-0.2, 0) is 20.4 Å². The molecule has 0 amide bonds. The molecule has 4 rings (SSSR count). The van der Waals surface area contributed by atoms with Gasteiger partial charge in [0, 0.05) is 21.2 Å². The number of carbonyl (C=O) groups excluding carboxylic acids is 1. The SMILES string of the molecule is COc1ccc(Br)cc1[C@H]1C(C(=O)OC(C)C)=C(C)N=c2s/c(=C\c3cc(C(C)(C)C)c(O)c(C(C)(C)C)c3)c(=O)n21. The van der Waals surface area contributed by atoms with Gasteiger partial charge in [0.1, 0.15) is 17.5 Å². The molecule has 42 heavy (non-hydrogen) atoms. The second kappa shape index (κ2) is 11.5. The Morgan fingerprint density at radius 3 is 2.21 bits per heavy atom. The van der Waals surface area contributed by atoms with Gasteiger partial charge in [-0.05, 0) is 73.6 Å². The number of hydrogen-bond donors (Lipinski definition) is 1. The summed E-state index contributed by atoms with van der Waals surface area (Å²) >= 11 is 4.80. The van der Waals surface area contributed by atoms with E-state index in [1.165, 1.54) is 11.3 Å². The van der Waals surface area contributed by atoms with Gasteiger partial charge in [-0.25, -0.2) is 9.79 Å². The number of benzene rings is 2. The van der Waals surface area contributed by atoms with E-state index in [0.717, 1.165) is 21.2 Å². The number of ether oxygens (including phenoxy) is 2. The van der Waals surface area contributed by atoms with Crippen molar-refractivity contribution >= 4 is 39.3 Å². The van der Waals surface area contributed by atoms with Gasteiger partial charge >= 0.3 is 5.97 Å². The van der Waals surface area contributed by atoms with Gasteiger partial charge in [0.2, 0.25) is 0 Å². The summed E-state index contributed by atoms with van der Waals surface area (Å²) in [6.45, 7) is 17.7. The Hall–Kier alpha value is -3.17. The minimum absolute atomic E-state index is 0.277. The van der Waals surface area contributed by atoms with Crippen molar-refractivity contribution in [3.63, 3.8) is 0 Å². The van der Waals surface area contributed by atoms with Crippen LogP contribution in [-0.4, -0.2) is 28.9 Å². The number of phenols is 1. The van der Waals surface area contributed by atoms with Gasteiger partial charge in [0.25, 0.3) is 5.56 Å². The molecule has 1 aliphatic heterocycles. The molecule has 2 heterocycles. The highest BCUT2D eigenvalue weighted by atomic mass is 79.9. The molecule has 224 valence electrons. The van der Waals surface area contributed by atoms with Crippen molar-refractivity contribution in [1.29, 1.82) is 0 Å². The Morgan fingerprint density at radius 2 is 1.69 bits per heavy atom. The van der Waals surface area contributed by atoms with Crippen LogP contribution in [0.4, 0.5) is 0 Å². The second-order valence-electron chi connectivity index (χ2n) is 12.9. The van der Waals surface area contributed by atoms with Crippen LogP contribution >= 0.6 is 27.3 Å². The number of thiazole rings is 1. The highest BCUT2D eigenvalue weighted by Gasteiger charge is 2.36. The molecule has 2 aromatic carbocycles. The van der Waals surface area contributed by atoms with Gasteiger partial charge in [-0.3, -0.25) is 9.36 Å². The lowest BCUT2D eigenvalue weighted by Crippen LogP contribution is -2.40. The summed E-state index contributed by atoms with van der Waals surface area (Å²) in [5, 5.41) is 11.2. The van der Waals surface area contributed by atoms with E-state index in [1.807, 2.05) is 30.3 Å². The molecule has 1 atom stereocenters. The summed E-state index contributed by atoms with van der Waals surface area (Å²) in [6, 6.07) is 8.57. The molecule has 0 saturated heterocycles. The van der Waals surface area contributed by atoms with Gasteiger partial charge in [-0.1, -0.05) is 68.8 Å². The Bertz CT molecular complexity index is 1730. The normalized spacial score (nSPS) is 16.0. The zero-order valence-corrected chi connectivity index (χ0v) is 28.3. The fourth-order valence-electron chi connectivity index (χ4n) is 5.11. The van der Waals surface area contributed by atoms with Gasteiger partial charge in [-0.15, -0.1) is 0 Å². The molecule has 9 heteroatoms. The van der Waals surface area contributed by atoms with Crippen molar-refractivity contribution in [2.45, 2.75) is 85.3 Å². The molecule has 1 aromatic heterocycles. The third-order valence-corrected chi connectivity index (χ3v) is 8.59. The molecule has 0 radical (unpaired) electrons. The number of phenolic OH excluding ortho intramolecular Hbond substituents is 1. The van der Waals surface area contributed by atoms with E-state index in [9.17, 15) is 14.7 Å². The van der Waals surface area contributed by atoms with E-state index in [2.05, 4.69) is 57.5 Å². The first kappa shape index (κ1) is 31.8. The van der Waals surface area contributed by atoms with E-state index in [-0.39, 0.29) is 33.8 Å². The molecule has 0 bridgehead atoms. The van der Waals surface area contributed by atoms with Crippen LogP contribution in [0.25, 0.3) is 6.08 Å². The summed E-state index contributed by atoms with van der Waals surface area (Å²) in [5.74, 6) is 0.278. The quantitative estimate of drug-likeness (QED) is 0.328. The first-order chi connectivity index (χ1) is 19.4. The Morgan fingerprint density at radius 1 is 1.10 bits per heavy atom. The van der Waals surface area contributed by atoms with Crippen LogP contribution < -0.4 is 19.6 Å². The van der Waals surface area contributed by atoms with Crippen LogP contribution in [0.15, 0.2) is 55.9 Å². The zero-order valence-electron chi connectivity index (χ0n) is 25.9. The summed E-state index contributed by atoms with van der Waals surface area (Å²) in [7, 11) is 1.56. The topological polar surface area (TPSA) is 90.1 Å². The van der Waals surface area contributed by atoms with Gasteiger partial charge in [0.15, 0.2) is 4.80 Å². The average molecular weight is 656 g/mol. The Balaban J connectivity index is 2.04. The third kappa shape index (κ3) is 6.13. The van der Waals surface area contributed by atoms with E-state index in [1.54, 1.807) is 38.5 Å². The number of esters is 1. The molecular weight excluding hydrogens is 616 g/mol. The minimum atomic E-state index is -0.808. The van der Waals surface area contributed by atoms with E-state index < -0.39 is 12.0 Å². The predicted molar refractivity (Wildman–Crippen MR) is 171 cm³/mol. The first-order valence-electron chi connectivity index (χ1n) is 13.9. The monoisotopic (exact) mass is 654 g/mol. The predicted octanol–water partition coefficient (Wildman–Crippen LogP) is 6.26. The summed E-state index contributed by atoms with van der Waals surface area (Å²) in [4.78, 5) is 32.9. The van der Waals surface area contributed by atoms with Crippen molar-refractivity contribution < 1.29 is 19.4 Å². The molecule has 0 fully saturated rings. The maximum absolute atomic E-state index is 14.2. The van der Waals surface area contributed by atoms with E-state index >= 15 is 0 Å². The van der Waals surface area contributed by atoms with Crippen molar-refractivity contribution in [1.82, 2.24) is 4.57 Å². The number of aromatic hydroxyl groups is 1. The number of aromatic nitrogens is 1. The fraction of sp³-hybridized carbons (Fsp3) is 0.424. The lowest BCUT2D eigenvalue weighted by molar-refractivity contribution is -0.143. The summed E-state index contributed by atoms with van der Waals surface area (Å²) in [5.41, 5.74) is 2.91. The molecule has 1 aliphatic rings. The van der Waals surface area contributed by atoms with E-state index in [0.29, 0.717) is 26.3 Å². The van der Waals surface area contributed by atoms with Gasteiger partial charge in [-0.2, -0.15) is 0 Å². The largest absolute Gasteiger partial charge is 0.507 e. The number of rotatable bonds is 5. The van der Waals surface area contributed by atoms with Crippen LogP contribution in [0.5, 0.6) is 11.5 Å². The summed E-state index contributed by atoms with van der Waals surface area (Å²) in [6.07, 6.45) is 1.49. The minimum Gasteiger partial charge on any atom is -0.507 e. The van der Waals surface area contributed by atoms with Crippen molar-refractivity contribution in [3.8, 4) is 11.5 Å². The average Bonchev–Trinajstić information content (AvgIpc) is 3.16. The molecular formula is C33H39BrN2O5S. The highest BCUT2D eigenvalue weighted by Crippen LogP contribution is 2.40.